The number of hydrogen-bond acceptors (Lipinski definition) is 4. The van der Waals surface area contributed by atoms with Gasteiger partial charge in [-0.2, -0.15) is 4.98 Å². The maximum absolute atomic E-state index is 12.0. The minimum absolute atomic E-state index is 0.120. The van der Waals surface area contributed by atoms with Gasteiger partial charge in [0, 0.05) is 9.35 Å². The van der Waals surface area contributed by atoms with Crippen LogP contribution in [0.25, 0.3) is 4.96 Å². The monoisotopic (exact) mass is 364 g/mol. The van der Waals surface area contributed by atoms with Crippen molar-refractivity contribution in [2.75, 3.05) is 5.32 Å². The van der Waals surface area contributed by atoms with Crippen LogP contribution in [0, 0.1) is 13.8 Å². The molecule has 0 atom stereocenters. The lowest BCUT2D eigenvalue weighted by atomic mass is 10.1. The molecule has 3 rings (SSSR count). The van der Waals surface area contributed by atoms with Crippen LogP contribution in [0.4, 0.5) is 5.95 Å². The van der Waals surface area contributed by atoms with E-state index in [-0.39, 0.29) is 5.91 Å². The molecule has 0 aliphatic heterocycles. The molecule has 0 saturated carbocycles. The van der Waals surface area contributed by atoms with Crippen molar-refractivity contribution < 1.29 is 4.79 Å². The number of fused-ring (bicyclic) bond motifs is 1. The van der Waals surface area contributed by atoms with Crippen LogP contribution in [-0.4, -0.2) is 20.5 Å². The third-order valence-electron chi connectivity index (χ3n) is 3.18. The molecule has 1 amide bonds. The van der Waals surface area contributed by atoms with Crippen molar-refractivity contribution in [1.29, 1.82) is 0 Å². The van der Waals surface area contributed by atoms with Crippen LogP contribution >= 0.6 is 27.3 Å². The number of anilines is 1. The Bertz CT molecular complexity index is 806. The van der Waals surface area contributed by atoms with Gasteiger partial charge in [-0.3, -0.25) is 10.1 Å². The highest BCUT2D eigenvalue weighted by Crippen LogP contribution is 2.21. The van der Waals surface area contributed by atoms with Gasteiger partial charge in [0.2, 0.25) is 16.8 Å². The number of aromatic nitrogens is 3. The molecule has 108 valence electrons. The first-order valence-electron chi connectivity index (χ1n) is 6.40. The Morgan fingerprint density at radius 3 is 2.71 bits per heavy atom. The number of benzene rings is 1. The van der Waals surface area contributed by atoms with Crippen LogP contribution in [0.1, 0.15) is 16.1 Å². The Balaban J connectivity index is 1.72. The summed E-state index contributed by atoms with van der Waals surface area (Å²) in [7, 11) is 0. The van der Waals surface area contributed by atoms with Crippen molar-refractivity contribution in [3.63, 3.8) is 0 Å². The predicted octanol–water partition coefficient (Wildman–Crippen LogP) is 3.35. The van der Waals surface area contributed by atoms with Gasteiger partial charge in [-0.25, -0.2) is 4.52 Å². The van der Waals surface area contributed by atoms with Crippen LogP contribution in [0.15, 0.2) is 28.7 Å². The molecule has 0 bridgehead atoms. The molecule has 7 heteroatoms. The van der Waals surface area contributed by atoms with Gasteiger partial charge in [-0.15, -0.1) is 5.10 Å². The van der Waals surface area contributed by atoms with E-state index in [4.69, 9.17) is 0 Å². The molecule has 0 saturated heterocycles. The summed E-state index contributed by atoms with van der Waals surface area (Å²) in [4.78, 5) is 18.3. The fraction of sp³-hybridized carbons (Fsp3) is 0.214. The van der Waals surface area contributed by atoms with Crippen molar-refractivity contribution in [2.24, 2.45) is 0 Å². The summed E-state index contributed by atoms with van der Waals surface area (Å²) >= 11 is 4.94. The molecule has 0 spiro atoms. The van der Waals surface area contributed by atoms with Gasteiger partial charge in [0.1, 0.15) is 0 Å². The van der Waals surface area contributed by atoms with Gasteiger partial charge in [-0.05, 0) is 31.5 Å². The Labute approximate surface area is 134 Å². The number of carbonyl (C=O) groups is 1. The lowest BCUT2D eigenvalue weighted by Crippen LogP contribution is -2.15. The number of halogens is 1. The molecule has 21 heavy (non-hydrogen) atoms. The Morgan fingerprint density at radius 1 is 1.33 bits per heavy atom. The third kappa shape index (κ3) is 2.98. The zero-order valence-corrected chi connectivity index (χ0v) is 14.0. The zero-order valence-electron chi connectivity index (χ0n) is 11.6. The van der Waals surface area contributed by atoms with Crippen LogP contribution in [-0.2, 0) is 11.2 Å². The summed E-state index contributed by atoms with van der Waals surface area (Å²) in [5.74, 6) is 0.233. The molecule has 0 radical (unpaired) electrons. The summed E-state index contributed by atoms with van der Waals surface area (Å²) < 4.78 is 2.75. The molecule has 0 aliphatic carbocycles. The van der Waals surface area contributed by atoms with E-state index in [9.17, 15) is 4.79 Å². The topological polar surface area (TPSA) is 59.3 Å². The van der Waals surface area contributed by atoms with E-state index in [1.54, 1.807) is 15.9 Å². The lowest BCUT2D eigenvalue weighted by molar-refractivity contribution is -0.115. The maximum Gasteiger partial charge on any atom is 0.250 e. The fourth-order valence-corrected chi connectivity index (χ4v) is 3.12. The van der Waals surface area contributed by atoms with Gasteiger partial charge in [0.15, 0.2) is 0 Å². The quantitative estimate of drug-likeness (QED) is 0.774. The number of hydrogen-bond donors (Lipinski definition) is 1. The Morgan fingerprint density at radius 2 is 2.05 bits per heavy atom. The van der Waals surface area contributed by atoms with Crippen molar-refractivity contribution in [3.8, 4) is 0 Å². The summed E-state index contributed by atoms with van der Waals surface area (Å²) in [5.41, 5.74) is 2.00. The molecule has 0 aliphatic rings. The van der Waals surface area contributed by atoms with Gasteiger partial charge in [0.25, 0.3) is 0 Å². The molecular weight excluding hydrogens is 352 g/mol. The highest BCUT2D eigenvalue weighted by molar-refractivity contribution is 9.10. The van der Waals surface area contributed by atoms with E-state index < -0.39 is 0 Å². The maximum atomic E-state index is 12.0. The van der Waals surface area contributed by atoms with Crippen LogP contribution < -0.4 is 5.32 Å². The average Bonchev–Trinajstić information content (AvgIpc) is 2.93. The fourth-order valence-electron chi connectivity index (χ4n) is 1.95. The van der Waals surface area contributed by atoms with Crippen molar-refractivity contribution in [1.82, 2.24) is 14.6 Å². The van der Waals surface area contributed by atoms with E-state index in [2.05, 4.69) is 31.3 Å². The molecule has 3 aromatic rings. The second-order valence-corrected chi connectivity index (χ2v) is 6.82. The minimum atomic E-state index is -0.120. The molecule has 2 aromatic heterocycles. The number of aryl methyl sites for hydroxylation is 2. The van der Waals surface area contributed by atoms with E-state index >= 15 is 0 Å². The number of rotatable bonds is 3. The summed E-state index contributed by atoms with van der Waals surface area (Å²) in [5, 5.41) is 7.05. The number of nitrogens with zero attached hydrogens (tertiary/aromatic N) is 3. The van der Waals surface area contributed by atoms with Crippen molar-refractivity contribution in [3.05, 3.63) is 44.9 Å². The van der Waals surface area contributed by atoms with Gasteiger partial charge in [0.05, 0.1) is 12.1 Å². The SMILES string of the molecule is Cc1sc2nc(NC(=O)Cc3ccc(Br)cc3)nn2c1C. The standard InChI is InChI=1S/C14H13BrN4OS/c1-8-9(2)21-14-17-13(18-19(8)14)16-12(20)7-10-3-5-11(15)6-4-10/h3-6H,7H2,1-2H3,(H,16,18,20). The smallest absolute Gasteiger partial charge is 0.250 e. The molecule has 0 fully saturated rings. The summed E-state index contributed by atoms with van der Waals surface area (Å²) in [6, 6.07) is 7.66. The number of carbonyl (C=O) groups excluding carboxylic acids is 1. The molecule has 0 unspecified atom stereocenters. The first-order chi connectivity index (χ1) is 10.0. The predicted molar refractivity (Wildman–Crippen MR) is 86.8 cm³/mol. The zero-order chi connectivity index (χ0) is 15.0. The van der Waals surface area contributed by atoms with Crippen molar-refractivity contribution in [2.45, 2.75) is 20.3 Å². The van der Waals surface area contributed by atoms with E-state index in [0.717, 1.165) is 20.7 Å². The molecule has 1 aromatic carbocycles. The largest absolute Gasteiger partial charge is 0.293 e. The first-order valence-corrected chi connectivity index (χ1v) is 8.01. The molecular formula is C14H13BrN4OS. The van der Waals surface area contributed by atoms with Crippen LogP contribution in [0.2, 0.25) is 0 Å². The number of amides is 1. The average molecular weight is 365 g/mol. The van der Waals surface area contributed by atoms with Gasteiger partial charge >= 0.3 is 0 Å². The van der Waals surface area contributed by atoms with Crippen LogP contribution in [0.5, 0.6) is 0 Å². The molecule has 5 nitrogen and oxygen atoms in total. The summed E-state index contributed by atoms with van der Waals surface area (Å²) in [6.07, 6.45) is 0.304. The lowest BCUT2D eigenvalue weighted by Gasteiger charge is -2.01. The third-order valence-corrected chi connectivity index (χ3v) is 4.76. The highest BCUT2D eigenvalue weighted by Gasteiger charge is 2.12. The van der Waals surface area contributed by atoms with Gasteiger partial charge in [-0.1, -0.05) is 39.4 Å². The van der Waals surface area contributed by atoms with E-state index in [1.165, 1.54) is 4.88 Å². The second-order valence-electron chi connectivity index (χ2n) is 4.72. The Kier molecular flexibility index (Phi) is 3.77. The number of nitrogens with one attached hydrogen (secondary N) is 1. The summed E-state index contributed by atoms with van der Waals surface area (Å²) in [6.45, 7) is 4.02. The van der Waals surface area contributed by atoms with E-state index in [1.807, 2.05) is 38.1 Å². The molecule has 2 heterocycles. The highest BCUT2D eigenvalue weighted by atomic mass is 79.9. The minimum Gasteiger partial charge on any atom is -0.293 e. The van der Waals surface area contributed by atoms with E-state index in [0.29, 0.717) is 12.4 Å². The Hall–Kier alpha value is -1.73. The molecule has 1 N–H and O–H groups in total. The van der Waals surface area contributed by atoms with Crippen LogP contribution in [0.3, 0.4) is 0 Å². The van der Waals surface area contributed by atoms with Gasteiger partial charge < -0.3 is 0 Å². The first kappa shape index (κ1) is 14.2. The number of thiazole rings is 1. The normalized spacial score (nSPS) is 11.0. The van der Waals surface area contributed by atoms with Crippen molar-refractivity contribution >= 4 is 44.1 Å². The second kappa shape index (κ2) is 5.57.